The maximum Gasteiger partial charge on any atom is 0.411 e. The van der Waals surface area contributed by atoms with Crippen molar-refractivity contribution in [3.05, 3.63) is 39.4 Å². The Morgan fingerprint density at radius 3 is 2.52 bits per heavy atom. The highest BCUT2D eigenvalue weighted by molar-refractivity contribution is 5.81. The van der Waals surface area contributed by atoms with Gasteiger partial charge in [0.25, 0.3) is 5.69 Å². The number of aliphatic carboxylic acids is 1. The monoisotopic (exact) mass is 322 g/mol. The lowest BCUT2D eigenvalue weighted by Crippen LogP contribution is -2.50. The molecule has 0 bridgehead atoms. The molecular formula is C15H18N2O6. The smallest absolute Gasteiger partial charge is 0.411 e. The lowest BCUT2D eigenvalue weighted by atomic mass is 9.94. The van der Waals surface area contributed by atoms with E-state index in [1.54, 1.807) is 26.8 Å². The van der Waals surface area contributed by atoms with E-state index in [1.165, 1.54) is 12.1 Å². The number of non-ortho nitro benzene ring substituents is 1. The van der Waals surface area contributed by atoms with Crippen molar-refractivity contribution >= 4 is 17.7 Å². The first-order valence-corrected chi connectivity index (χ1v) is 7.07. The van der Waals surface area contributed by atoms with Crippen molar-refractivity contribution in [2.45, 2.75) is 45.4 Å². The number of benzene rings is 1. The van der Waals surface area contributed by atoms with Crippen LogP contribution in [-0.2, 0) is 22.5 Å². The molecule has 0 aliphatic carbocycles. The molecule has 1 aliphatic rings. The largest absolute Gasteiger partial charge is 0.480 e. The van der Waals surface area contributed by atoms with Crippen LogP contribution in [0.25, 0.3) is 0 Å². The fourth-order valence-corrected chi connectivity index (χ4v) is 2.42. The minimum atomic E-state index is -1.17. The third-order valence-electron chi connectivity index (χ3n) is 3.44. The number of carboxylic acids is 1. The van der Waals surface area contributed by atoms with Gasteiger partial charge in [0.05, 0.1) is 11.5 Å². The second-order valence-corrected chi connectivity index (χ2v) is 6.38. The maximum absolute atomic E-state index is 12.2. The van der Waals surface area contributed by atoms with E-state index in [4.69, 9.17) is 4.74 Å². The number of ether oxygens (including phenoxy) is 1. The quantitative estimate of drug-likeness (QED) is 0.661. The van der Waals surface area contributed by atoms with Gasteiger partial charge in [0.1, 0.15) is 11.6 Å². The summed E-state index contributed by atoms with van der Waals surface area (Å²) < 4.78 is 5.25. The first-order chi connectivity index (χ1) is 10.6. The number of hydrogen-bond donors (Lipinski definition) is 1. The number of nitrogens with zero attached hydrogens (tertiary/aromatic N) is 2. The van der Waals surface area contributed by atoms with E-state index in [2.05, 4.69) is 0 Å². The van der Waals surface area contributed by atoms with Gasteiger partial charge in [-0.2, -0.15) is 0 Å². The summed E-state index contributed by atoms with van der Waals surface area (Å²) >= 11 is 0. The number of hydrogen-bond acceptors (Lipinski definition) is 5. The standard InChI is InChI=1S/C15H18N2O6/c1-15(2,3)23-14(20)16-8-9-4-5-11(17(21)22)6-10(9)7-12(16)13(18)19/h4-6,12H,7-8H2,1-3H3,(H,18,19)/t12-/m0/s1. The predicted molar refractivity (Wildman–Crippen MR) is 80.0 cm³/mol. The number of carboxylic acid groups (broad SMARTS) is 1. The van der Waals surface area contributed by atoms with Crippen molar-refractivity contribution in [2.75, 3.05) is 0 Å². The molecule has 1 heterocycles. The second-order valence-electron chi connectivity index (χ2n) is 6.38. The van der Waals surface area contributed by atoms with Crippen molar-refractivity contribution in [3.63, 3.8) is 0 Å². The third kappa shape index (κ3) is 3.77. The van der Waals surface area contributed by atoms with Gasteiger partial charge in [-0.25, -0.2) is 9.59 Å². The molecule has 1 aromatic carbocycles. The van der Waals surface area contributed by atoms with Crippen molar-refractivity contribution < 1.29 is 24.4 Å². The van der Waals surface area contributed by atoms with Gasteiger partial charge in [0, 0.05) is 18.6 Å². The van der Waals surface area contributed by atoms with Gasteiger partial charge in [-0.3, -0.25) is 15.0 Å². The number of nitro benzene ring substituents is 1. The molecule has 1 amide bonds. The van der Waals surface area contributed by atoms with Crippen LogP contribution in [0.3, 0.4) is 0 Å². The highest BCUT2D eigenvalue weighted by atomic mass is 16.6. The fraction of sp³-hybridized carbons (Fsp3) is 0.467. The topological polar surface area (TPSA) is 110 Å². The van der Waals surface area contributed by atoms with Crippen LogP contribution in [-0.4, -0.2) is 38.6 Å². The Labute approximate surface area is 132 Å². The van der Waals surface area contributed by atoms with E-state index in [-0.39, 0.29) is 18.7 Å². The summed E-state index contributed by atoms with van der Waals surface area (Å²) in [7, 11) is 0. The minimum absolute atomic E-state index is 0.00555. The Hall–Kier alpha value is -2.64. The van der Waals surface area contributed by atoms with Crippen LogP contribution in [0, 0.1) is 10.1 Å². The Morgan fingerprint density at radius 2 is 2.00 bits per heavy atom. The Kier molecular flexibility index (Phi) is 4.26. The number of nitro groups is 1. The molecule has 0 radical (unpaired) electrons. The fourth-order valence-electron chi connectivity index (χ4n) is 2.42. The molecule has 0 saturated carbocycles. The average Bonchev–Trinajstić information content (AvgIpc) is 2.43. The molecule has 0 spiro atoms. The zero-order valence-corrected chi connectivity index (χ0v) is 13.1. The summed E-state index contributed by atoms with van der Waals surface area (Å²) in [4.78, 5) is 35.2. The summed E-state index contributed by atoms with van der Waals surface area (Å²) in [6.07, 6.45) is -0.708. The number of carbonyl (C=O) groups excluding carboxylic acids is 1. The van der Waals surface area contributed by atoms with E-state index >= 15 is 0 Å². The van der Waals surface area contributed by atoms with Gasteiger partial charge in [0.15, 0.2) is 0 Å². The maximum atomic E-state index is 12.2. The van der Waals surface area contributed by atoms with Gasteiger partial charge in [-0.1, -0.05) is 6.07 Å². The predicted octanol–water partition coefficient (Wildman–Crippen LogP) is 2.34. The van der Waals surface area contributed by atoms with E-state index in [9.17, 15) is 24.8 Å². The second kappa shape index (κ2) is 5.86. The molecule has 0 fully saturated rings. The van der Waals surface area contributed by atoms with Crippen LogP contribution < -0.4 is 0 Å². The number of carbonyl (C=O) groups is 2. The summed E-state index contributed by atoms with van der Waals surface area (Å²) in [6, 6.07) is 3.13. The van der Waals surface area contributed by atoms with E-state index in [1.807, 2.05) is 0 Å². The summed E-state index contributed by atoms with van der Waals surface area (Å²) in [5.41, 5.74) is 0.402. The molecule has 124 valence electrons. The molecular weight excluding hydrogens is 304 g/mol. The Bertz CT molecular complexity index is 664. The highest BCUT2D eigenvalue weighted by Crippen LogP contribution is 2.28. The number of amides is 1. The molecule has 1 atom stereocenters. The van der Waals surface area contributed by atoms with Gasteiger partial charge in [0.2, 0.25) is 0 Å². The van der Waals surface area contributed by atoms with Crippen LogP contribution in [0.1, 0.15) is 31.9 Å². The molecule has 0 saturated heterocycles. The van der Waals surface area contributed by atoms with Gasteiger partial charge < -0.3 is 9.84 Å². The van der Waals surface area contributed by atoms with Crippen LogP contribution in [0.5, 0.6) is 0 Å². The summed E-state index contributed by atoms with van der Waals surface area (Å²) in [5, 5.41) is 20.2. The molecule has 1 aliphatic heterocycles. The molecule has 2 rings (SSSR count). The van der Waals surface area contributed by atoms with Crippen LogP contribution in [0.15, 0.2) is 18.2 Å². The first-order valence-electron chi connectivity index (χ1n) is 7.07. The van der Waals surface area contributed by atoms with Gasteiger partial charge in [-0.05, 0) is 31.9 Å². The van der Waals surface area contributed by atoms with Crippen molar-refractivity contribution in [3.8, 4) is 0 Å². The van der Waals surface area contributed by atoms with Crippen LogP contribution in [0.4, 0.5) is 10.5 Å². The molecule has 23 heavy (non-hydrogen) atoms. The minimum Gasteiger partial charge on any atom is -0.480 e. The van der Waals surface area contributed by atoms with E-state index in [0.29, 0.717) is 11.1 Å². The zero-order chi connectivity index (χ0) is 17.4. The normalized spacial score (nSPS) is 17.3. The average molecular weight is 322 g/mol. The summed E-state index contributed by atoms with van der Waals surface area (Å²) in [5.74, 6) is -1.17. The van der Waals surface area contributed by atoms with Gasteiger partial charge in [-0.15, -0.1) is 0 Å². The molecule has 0 aromatic heterocycles. The molecule has 8 heteroatoms. The van der Waals surface area contributed by atoms with Crippen molar-refractivity contribution in [1.29, 1.82) is 0 Å². The SMILES string of the molecule is CC(C)(C)OC(=O)N1Cc2ccc([N+](=O)[O-])cc2C[C@H]1C(=O)O. The third-order valence-corrected chi connectivity index (χ3v) is 3.44. The molecule has 0 unspecified atom stereocenters. The molecule has 8 nitrogen and oxygen atoms in total. The van der Waals surface area contributed by atoms with Crippen LogP contribution >= 0.6 is 0 Å². The Morgan fingerprint density at radius 1 is 1.35 bits per heavy atom. The van der Waals surface area contributed by atoms with E-state index in [0.717, 1.165) is 4.90 Å². The number of fused-ring (bicyclic) bond motifs is 1. The lowest BCUT2D eigenvalue weighted by molar-refractivity contribution is -0.384. The Balaban J connectivity index is 2.33. The zero-order valence-electron chi connectivity index (χ0n) is 13.1. The van der Waals surface area contributed by atoms with Crippen LogP contribution in [0.2, 0.25) is 0 Å². The summed E-state index contributed by atoms with van der Waals surface area (Å²) in [6.45, 7) is 5.13. The molecule has 1 aromatic rings. The first kappa shape index (κ1) is 16.7. The van der Waals surface area contributed by atoms with Crippen molar-refractivity contribution in [2.24, 2.45) is 0 Å². The highest BCUT2D eigenvalue weighted by Gasteiger charge is 2.37. The van der Waals surface area contributed by atoms with Gasteiger partial charge >= 0.3 is 12.1 Å². The number of rotatable bonds is 2. The van der Waals surface area contributed by atoms with Crippen molar-refractivity contribution in [1.82, 2.24) is 4.90 Å². The van der Waals surface area contributed by atoms with E-state index < -0.39 is 28.6 Å². The molecule has 1 N–H and O–H groups in total. The lowest BCUT2D eigenvalue weighted by Gasteiger charge is -2.35.